The van der Waals surface area contributed by atoms with Crippen molar-refractivity contribution in [3.8, 4) is 0 Å². The first-order valence-electron chi connectivity index (χ1n) is 6.99. The second-order valence-electron chi connectivity index (χ2n) is 5.22. The van der Waals surface area contributed by atoms with Crippen molar-refractivity contribution < 1.29 is 0 Å². The van der Waals surface area contributed by atoms with Gasteiger partial charge >= 0.3 is 0 Å². The first-order valence-corrected chi connectivity index (χ1v) is 7.37. The number of aryl methyl sites for hydroxylation is 1. The molecule has 0 radical (unpaired) electrons. The Morgan fingerprint density at radius 2 is 2.05 bits per heavy atom. The molecule has 0 aliphatic rings. The number of H-pyrrole nitrogens is 1. The summed E-state index contributed by atoms with van der Waals surface area (Å²) in [5, 5.41) is 5.31. The number of aromatic nitrogens is 1. The van der Waals surface area contributed by atoms with Crippen LogP contribution in [0.5, 0.6) is 0 Å². The third-order valence-corrected chi connectivity index (χ3v) is 4.06. The molecule has 3 rings (SSSR count). The molecule has 0 aliphatic carbocycles. The van der Waals surface area contributed by atoms with Crippen LogP contribution in [0.3, 0.4) is 0 Å². The van der Waals surface area contributed by atoms with Gasteiger partial charge in [0, 0.05) is 29.3 Å². The zero-order chi connectivity index (χ0) is 14.8. The van der Waals surface area contributed by atoms with Crippen LogP contribution in [0.25, 0.3) is 10.9 Å². The van der Waals surface area contributed by atoms with Crippen molar-refractivity contribution in [3.05, 3.63) is 58.7 Å². The maximum absolute atomic E-state index is 6.07. The summed E-state index contributed by atoms with van der Waals surface area (Å²) >= 11 is 6.07. The number of anilines is 2. The van der Waals surface area contributed by atoms with Crippen molar-refractivity contribution in [2.45, 2.75) is 13.3 Å². The van der Waals surface area contributed by atoms with E-state index in [0.29, 0.717) is 10.7 Å². The average Bonchev–Trinajstić information content (AvgIpc) is 2.88. The first kappa shape index (κ1) is 13.8. The van der Waals surface area contributed by atoms with Gasteiger partial charge in [-0.25, -0.2) is 0 Å². The van der Waals surface area contributed by atoms with Crippen LogP contribution in [0.4, 0.5) is 11.4 Å². The average molecular weight is 300 g/mol. The minimum atomic E-state index is 0.593. The van der Waals surface area contributed by atoms with Gasteiger partial charge in [0.15, 0.2) is 0 Å². The molecule has 3 aromatic rings. The molecule has 0 saturated carbocycles. The zero-order valence-electron chi connectivity index (χ0n) is 11.9. The van der Waals surface area contributed by atoms with Gasteiger partial charge in [0.1, 0.15) is 0 Å². The monoisotopic (exact) mass is 299 g/mol. The third kappa shape index (κ3) is 2.83. The molecule has 108 valence electrons. The van der Waals surface area contributed by atoms with Gasteiger partial charge in [-0.05, 0) is 42.7 Å². The van der Waals surface area contributed by atoms with E-state index in [2.05, 4.69) is 34.7 Å². The number of rotatable bonds is 4. The number of hydrogen-bond donors (Lipinski definition) is 3. The number of hydrogen-bond acceptors (Lipinski definition) is 2. The highest BCUT2D eigenvalue weighted by molar-refractivity contribution is 6.33. The minimum absolute atomic E-state index is 0.593. The van der Waals surface area contributed by atoms with E-state index >= 15 is 0 Å². The van der Waals surface area contributed by atoms with Gasteiger partial charge in [0.2, 0.25) is 0 Å². The van der Waals surface area contributed by atoms with Crippen LogP contribution in [0.2, 0.25) is 5.02 Å². The summed E-state index contributed by atoms with van der Waals surface area (Å²) in [7, 11) is 0. The minimum Gasteiger partial charge on any atom is -0.398 e. The molecule has 1 aromatic heterocycles. The molecule has 0 atom stereocenters. The summed E-state index contributed by atoms with van der Waals surface area (Å²) in [4.78, 5) is 3.30. The van der Waals surface area contributed by atoms with E-state index in [1.54, 1.807) is 0 Å². The quantitative estimate of drug-likeness (QED) is 0.627. The van der Waals surface area contributed by atoms with Gasteiger partial charge in [-0.1, -0.05) is 29.8 Å². The first-order chi connectivity index (χ1) is 10.1. The van der Waals surface area contributed by atoms with E-state index in [9.17, 15) is 0 Å². The second-order valence-corrected chi connectivity index (χ2v) is 5.63. The summed E-state index contributed by atoms with van der Waals surface area (Å²) in [6, 6.07) is 12.1. The fraction of sp³-hybridized carbons (Fsp3) is 0.176. The molecule has 4 heteroatoms. The van der Waals surface area contributed by atoms with Crippen molar-refractivity contribution in [2.24, 2.45) is 0 Å². The molecule has 2 aromatic carbocycles. The molecule has 0 saturated heterocycles. The smallest absolute Gasteiger partial charge is 0.0656 e. The van der Waals surface area contributed by atoms with Gasteiger partial charge < -0.3 is 16.0 Å². The highest BCUT2D eigenvalue weighted by Crippen LogP contribution is 2.26. The predicted octanol–water partition coefficient (Wildman–Crippen LogP) is 4.37. The van der Waals surface area contributed by atoms with Crippen LogP contribution in [0, 0.1) is 6.92 Å². The molecule has 1 heterocycles. The fourth-order valence-corrected chi connectivity index (χ4v) is 2.73. The Balaban J connectivity index is 1.70. The molecule has 0 spiro atoms. The Morgan fingerprint density at radius 1 is 1.24 bits per heavy atom. The van der Waals surface area contributed by atoms with Crippen LogP contribution < -0.4 is 11.1 Å². The van der Waals surface area contributed by atoms with Crippen molar-refractivity contribution in [3.63, 3.8) is 0 Å². The van der Waals surface area contributed by atoms with E-state index in [1.807, 2.05) is 25.1 Å². The number of nitrogens with two attached hydrogens (primary N) is 1. The topological polar surface area (TPSA) is 53.8 Å². The number of para-hydroxylation sites is 1. The van der Waals surface area contributed by atoms with Crippen molar-refractivity contribution in [1.82, 2.24) is 4.98 Å². The lowest BCUT2D eigenvalue weighted by Crippen LogP contribution is -2.06. The second kappa shape index (κ2) is 5.70. The molecule has 0 amide bonds. The molecule has 0 aliphatic heterocycles. The van der Waals surface area contributed by atoms with Crippen molar-refractivity contribution >= 4 is 33.9 Å². The molecule has 4 N–H and O–H groups in total. The Morgan fingerprint density at radius 3 is 2.90 bits per heavy atom. The lowest BCUT2D eigenvalue weighted by Gasteiger charge is -2.11. The summed E-state index contributed by atoms with van der Waals surface area (Å²) < 4.78 is 0. The highest BCUT2D eigenvalue weighted by atomic mass is 35.5. The Hall–Kier alpha value is -2.13. The Bertz CT molecular complexity index is 777. The highest BCUT2D eigenvalue weighted by Gasteiger charge is 2.05. The SMILES string of the molecule is Cc1cc(N)c(Cl)cc1NCCc1c[nH]c2ccccc12. The van der Waals surface area contributed by atoms with Crippen LogP contribution in [-0.4, -0.2) is 11.5 Å². The van der Waals surface area contributed by atoms with Crippen molar-refractivity contribution in [1.29, 1.82) is 0 Å². The standard InChI is InChI=1S/C17H18ClN3/c1-11-8-15(19)14(18)9-17(11)20-7-6-12-10-21-16-5-3-2-4-13(12)16/h2-5,8-10,20-21H,6-7,19H2,1H3. The Kier molecular flexibility index (Phi) is 3.76. The van der Waals surface area contributed by atoms with Crippen LogP contribution in [0.1, 0.15) is 11.1 Å². The van der Waals surface area contributed by atoms with Crippen LogP contribution in [-0.2, 0) is 6.42 Å². The van der Waals surface area contributed by atoms with Gasteiger partial charge in [-0.15, -0.1) is 0 Å². The third-order valence-electron chi connectivity index (χ3n) is 3.73. The molecular formula is C17H18ClN3. The summed E-state index contributed by atoms with van der Waals surface area (Å²) in [5.74, 6) is 0. The fourth-order valence-electron chi connectivity index (χ4n) is 2.56. The Labute approximate surface area is 129 Å². The molecule has 21 heavy (non-hydrogen) atoms. The summed E-state index contributed by atoms with van der Waals surface area (Å²) in [6.45, 7) is 2.88. The lowest BCUT2D eigenvalue weighted by molar-refractivity contribution is 1.03. The largest absolute Gasteiger partial charge is 0.398 e. The van der Waals surface area contributed by atoms with E-state index in [4.69, 9.17) is 17.3 Å². The number of nitrogen functional groups attached to an aromatic ring is 1. The van der Waals surface area contributed by atoms with Gasteiger partial charge in [0.05, 0.1) is 10.7 Å². The molecular weight excluding hydrogens is 282 g/mol. The number of aromatic amines is 1. The van der Waals surface area contributed by atoms with E-state index in [0.717, 1.165) is 24.2 Å². The summed E-state index contributed by atoms with van der Waals surface area (Å²) in [6.07, 6.45) is 3.03. The molecule has 0 fully saturated rings. The number of nitrogens with one attached hydrogen (secondary N) is 2. The maximum atomic E-state index is 6.07. The van der Waals surface area contributed by atoms with Crippen LogP contribution >= 0.6 is 11.6 Å². The van der Waals surface area contributed by atoms with Gasteiger partial charge in [-0.3, -0.25) is 0 Å². The molecule has 0 bridgehead atoms. The number of benzene rings is 2. The lowest BCUT2D eigenvalue weighted by atomic mass is 10.1. The zero-order valence-corrected chi connectivity index (χ0v) is 12.7. The van der Waals surface area contributed by atoms with E-state index in [1.165, 1.54) is 16.5 Å². The van der Waals surface area contributed by atoms with E-state index < -0.39 is 0 Å². The van der Waals surface area contributed by atoms with Gasteiger partial charge in [-0.2, -0.15) is 0 Å². The number of halogens is 1. The normalized spacial score (nSPS) is 11.0. The molecule has 0 unspecified atom stereocenters. The van der Waals surface area contributed by atoms with E-state index in [-0.39, 0.29) is 0 Å². The van der Waals surface area contributed by atoms with Crippen LogP contribution in [0.15, 0.2) is 42.6 Å². The molecule has 3 nitrogen and oxygen atoms in total. The van der Waals surface area contributed by atoms with Gasteiger partial charge in [0.25, 0.3) is 0 Å². The van der Waals surface area contributed by atoms with Crippen molar-refractivity contribution in [2.75, 3.05) is 17.6 Å². The number of fused-ring (bicyclic) bond motifs is 1. The predicted molar refractivity (Wildman–Crippen MR) is 91.1 cm³/mol. The summed E-state index contributed by atoms with van der Waals surface area (Å²) in [5.41, 5.74) is 11.1. The maximum Gasteiger partial charge on any atom is 0.0656 e.